The quantitative estimate of drug-likeness (QED) is 0.279. The second-order valence-electron chi connectivity index (χ2n) is 13.5. The number of benzene rings is 1. The van der Waals surface area contributed by atoms with Crippen LogP contribution in [0.4, 0.5) is 0 Å². The van der Waals surface area contributed by atoms with Gasteiger partial charge in [0, 0.05) is 17.2 Å². The summed E-state index contributed by atoms with van der Waals surface area (Å²) in [5, 5.41) is 13.3. The van der Waals surface area contributed by atoms with Gasteiger partial charge in [0.15, 0.2) is 5.78 Å². The summed E-state index contributed by atoms with van der Waals surface area (Å²) in [6.45, 7) is 19.3. The molecule has 1 aliphatic carbocycles. The summed E-state index contributed by atoms with van der Waals surface area (Å²) >= 11 is 1.79. The van der Waals surface area contributed by atoms with Gasteiger partial charge in [-0.25, -0.2) is 4.42 Å². The second kappa shape index (κ2) is 10.6. The number of thioether (sulfide) groups is 1. The minimum Gasteiger partial charge on any atom is -0.871 e. The van der Waals surface area contributed by atoms with Crippen molar-refractivity contribution in [2.75, 3.05) is 7.11 Å². The Labute approximate surface area is 243 Å². The largest absolute Gasteiger partial charge is 0.871 e. The fraction of sp³-hybridized carbons (Fsp3) is 0.371. The van der Waals surface area contributed by atoms with E-state index in [9.17, 15) is 9.90 Å². The van der Waals surface area contributed by atoms with E-state index in [1.165, 1.54) is 9.81 Å². The third-order valence-corrected chi connectivity index (χ3v) is 8.72. The maximum absolute atomic E-state index is 13.3. The van der Waals surface area contributed by atoms with Gasteiger partial charge >= 0.3 is 11.5 Å². The van der Waals surface area contributed by atoms with E-state index in [1.807, 2.05) is 36.4 Å². The van der Waals surface area contributed by atoms with Crippen LogP contribution in [0.2, 0.25) is 0 Å². The van der Waals surface area contributed by atoms with Gasteiger partial charge in [-0.2, -0.15) is 0 Å². The lowest BCUT2D eigenvalue weighted by Gasteiger charge is -2.33. The Morgan fingerprint density at radius 3 is 1.88 bits per heavy atom. The Kier molecular flexibility index (Phi) is 7.85. The lowest BCUT2D eigenvalue weighted by Crippen LogP contribution is -2.29. The van der Waals surface area contributed by atoms with Crippen LogP contribution in [0.1, 0.15) is 73.6 Å². The molecule has 40 heavy (non-hydrogen) atoms. The number of hydrogen-bond acceptors (Lipinski definition) is 4. The smallest absolute Gasteiger partial charge is 0.360 e. The van der Waals surface area contributed by atoms with Crippen LogP contribution >= 0.6 is 11.8 Å². The summed E-state index contributed by atoms with van der Waals surface area (Å²) in [6.07, 6.45) is 7.64. The highest BCUT2D eigenvalue weighted by molar-refractivity contribution is 8.06. The first kappa shape index (κ1) is 29.7. The Hall–Kier alpha value is -3.31. The van der Waals surface area contributed by atoms with E-state index >= 15 is 0 Å². The summed E-state index contributed by atoms with van der Waals surface area (Å²) < 4.78 is 11.5. The monoisotopic (exact) mass is 556 g/mol. The molecule has 4 rings (SSSR count). The first-order chi connectivity index (χ1) is 18.5. The van der Waals surface area contributed by atoms with Crippen LogP contribution in [0.3, 0.4) is 0 Å². The van der Waals surface area contributed by atoms with Crippen LogP contribution in [0, 0.1) is 10.8 Å². The summed E-state index contributed by atoms with van der Waals surface area (Å²) in [4.78, 5) is 15.7. The molecule has 2 aliphatic rings. The molecule has 1 aliphatic heterocycles. The van der Waals surface area contributed by atoms with Gasteiger partial charge in [0.25, 0.3) is 0 Å². The van der Waals surface area contributed by atoms with Crippen LogP contribution in [0.15, 0.2) is 91.3 Å². The fourth-order valence-corrected chi connectivity index (χ4v) is 5.49. The van der Waals surface area contributed by atoms with Gasteiger partial charge in [-0.3, -0.25) is 4.79 Å². The third kappa shape index (κ3) is 6.36. The van der Waals surface area contributed by atoms with E-state index in [0.29, 0.717) is 5.76 Å². The van der Waals surface area contributed by atoms with Crippen molar-refractivity contribution in [2.45, 2.75) is 67.7 Å². The maximum atomic E-state index is 13.3. The average Bonchev–Trinajstić information content (AvgIpc) is 2.88. The highest BCUT2D eigenvalue weighted by Gasteiger charge is 2.32. The molecule has 0 saturated heterocycles. The summed E-state index contributed by atoms with van der Waals surface area (Å²) in [5.41, 5.74) is 2.61. The number of rotatable bonds is 4. The number of hydrogen-bond donors (Lipinski definition) is 0. The minimum atomic E-state index is -0.266. The van der Waals surface area contributed by atoms with Crippen LogP contribution in [0.5, 0.6) is 5.75 Å². The zero-order chi connectivity index (χ0) is 29.6. The molecule has 0 amide bonds. The molecule has 0 N–H and O–H groups in total. The fourth-order valence-electron chi connectivity index (χ4n) is 4.25. The minimum absolute atomic E-state index is 0.0391. The van der Waals surface area contributed by atoms with Crippen molar-refractivity contribution in [3.05, 3.63) is 98.2 Å². The van der Waals surface area contributed by atoms with Gasteiger partial charge < -0.3 is 9.84 Å². The number of ether oxygens (including phenoxy) is 1. The van der Waals surface area contributed by atoms with Gasteiger partial charge in [0.05, 0.1) is 24.2 Å². The lowest BCUT2D eigenvalue weighted by molar-refractivity contribution is -0.300. The first-order valence-corrected chi connectivity index (χ1v) is 14.4. The number of carbonyl (C=O) groups is 1. The Morgan fingerprint density at radius 2 is 1.40 bits per heavy atom. The van der Waals surface area contributed by atoms with Crippen molar-refractivity contribution in [3.63, 3.8) is 0 Å². The average molecular weight is 557 g/mol. The molecule has 2 aromatic rings. The maximum Gasteiger partial charge on any atom is 0.360 e. The Morgan fingerprint density at radius 1 is 0.825 bits per heavy atom. The van der Waals surface area contributed by atoms with E-state index in [2.05, 4.69) is 74.5 Å². The molecule has 0 saturated carbocycles. The van der Waals surface area contributed by atoms with Gasteiger partial charge in [-0.1, -0.05) is 59.1 Å². The molecular weight excluding hydrogens is 516 g/mol. The normalized spacial score (nSPS) is 17.5. The van der Waals surface area contributed by atoms with Crippen molar-refractivity contribution < 1.29 is 19.1 Å². The third-order valence-electron chi connectivity index (χ3n) is 6.82. The molecule has 210 valence electrons. The van der Waals surface area contributed by atoms with E-state index in [1.54, 1.807) is 31.0 Å². The molecule has 1 aromatic carbocycles. The van der Waals surface area contributed by atoms with Crippen LogP contribution < -0.4 is 9.84 Å². The van der Waals surface area contributed by atoms with E-state index in [-0.39, 0.29) is 38.9 Å². The molecule has 0 bridgehead atoms. The lowest BCUT2D eigenvalue weighted by atomic mass is 9.84. The summed E-state index contributed by atoms with van der Waals surface area (Å²) in [5.74, 6) is 1.73. The van der Waals surface area contributed by atoms with Gasteiger partial charge in [0.1, 0.15) is 5.75 Å². The second-order valence-corrected chi connectivity index (χ2v) is 14.6. The number of Topliss-reactive ketones (excluding diaryl/α,β-unsaturated/α-hetero) is 1. The van der Waals surface area contributed by atoms with Crippen molar-refractivity contribution in [3.8, 4) is 17.1 Å². The van der Waals surface area contributed by atoms with E-state index in [4.69, 9.17) is 9.15 Å². The van der Waals surface area contributed by atoms with E-state index < -0.39 is 0 Å². The molecule has 2 heterocycles. The SMILES string of the molecule is COc1ccc(-c2cc(C=C3C(=O)C(C=C4C=C(C(C)(C)C)SC(C(C)(C)C)=C4)=C3[O-])cc(C(C)(C)C)[o+]2)cc1. The number of allylic oxidation sites excluding steroid dienone is 8. The number of carbonyl (C=O) groups excluding carboxylic acids is 1. The summed E-state index contributed by atoms with van der Waals surface area (Å²) in [7, 11) is 1.63. The predicted molar refractivity (Wildman–Crippen MR) is 165 cm³/mol. The highest BCUT2D eigenvalue weighted by atomic mass is 32.2. The molecule has 4 nitrogen and oxygen atoms in total. The molecule has 1 aromatic heterocycles. The van der Waals surface area contributed by atoms with Gasteiger partial charge in [0.2, 0.25) is 0 Å². The first-order valence-electron chi connectivity index (χ1n) is 13.6. The standard InChI is InChI=1S/C35H40O4S/c1-33(2,3)28-18-21(17-27(39-28)23-11-13-24(38-10)14-12-23)15-25-31(36)26(32(25)37)16-22-19-29(34(4,5)6)40-30(20-22)35(7,8)9/h11-20H,1-10H3. The zero-order valence-electron chi connectivity index (χ0n) is 25.3. The Bertz CT molecular complexity index is 1460. The predicted octanol–water partition coefficient (Wildman–Crippen LogP) is 8.65. The van der Waals surface area contributed by atoms with E-state index in [0.717, 1.165) is 28.2 Å². The zero-order valence-corrected chi connectivity index (χ0v) is 26.1. The van der Waals surface area contributed by atoms with Gasteiger partial charge in [-0.15, -0.1) is 0 Å². The van der Waals surface area contributed by atoms with Crippen molar-refractivity contribution >= 4 is 23.6 Å². The van der Waals surface area contributed by atoms with Crippen molar-refractivity contribution in [1.82, 2.24) is 0 Å². The molecular formula is C35H40O4S. The van der Waals surface area contributed by atoms with Crippen LogP contribution in [-0.4, -0.2) is 12.9 Å². The van der Waals surface area contributed by atoms with Crippen LogP contribution in [0.25, 0.3) is 17.4 Å². The van der Waals surface area contributed by atoms with Crippen LogP contribution in [-0.2, 0) is 10.2 Å². The van der Waals surface area contributed by atoms with Gasteiger partial charge in [-0.05, 0) is 101 Å². The molecule has 0 radical (unpaired) electrons. The topological polar surface area (TPSA) is 60.7 Å². The molecule has 0 unspecified atom stereocenters. The Balaban J connectivity index is 1.75. The molecule has 5 heteroatoms. The van der Waals surface area contributed by atoms with Crippen molar-refractivity contribution in [2.24, 2.45) is 10.8 Å². The highest BCUT2D eigenvalue weighted by Crippen LogP contribution is 2.49. The summed E-state index contributed by atoms with van der Waals surface area (Å²) in [6, 6.07) is 11.4. The van der Waals surface area contributed by atoms with Crippen molar-refractivity contribution in [1.29, 1.82) is 0 Å². The molecule has 0 spiro atoms. The number of methoxy groups -OCH3 is 1. The molecule has 0 atom stereocenters. The molecule has 0 fully saturated rings. The number of ketones is 1.